The van der Waals surface area contributed by atoms with Crippen LogP contribution < -0.4 is 5.32 Å². The highest BCUT2D eigenvalue weighted by atomic mass is 15.0. The molecule has 0 radical (unpaired) electrons. The lowest BCUT2D eigenvalue weighted by Gasteiger charge is -2.22. The first-order chi connectivity index (χ1) is 8.79. The molecule has 2 rings (SSSR count). The van der Waals surface area contributed by atoms with E-state index in [4.69, 9.17) is 5.26 Å². The number of pyridine rings is 1. The highest BCUT2D eigenvalue weighted by Crippen LogP contribution is 2.21. The number of nitrogens with one attached hydrogen (secondary N) is 1. The zero-order chi connectivity index (χ0) is 12.8. The van der Waals surface area contributed by atoms with Crippen molar-refractivity contribution in [3.63, 3.8) is 0 Å². The van der Waals surface area contributed by atoms with E-state index >= 15 is 0 Å². The predicted octanol–water partition coefficient (Wildman–Crippen LogP) is 3.79. The molecule has 0 bridgehead atoms. The fourth-order valence-corrected chi connectivity index (χ4v) is 2.55. The molecule has 0 amide bonds. The highest BCUT2D eigenvalue weighted by Gasteiger charge is 2.13. The van der Waals surface area contributed by atoms with Crippen LogP contribution in [0.5, 0.6) is 0 Å². The third-order valence-electron chi connectivity index (χ3n) is 3.60. The van der Waals surface area contributed by atoms with Crippen LogP contribution >= 0.6 is 0 Å². The van der Waals surface area contributed by atoms with Gasteiger partial charge in [0, 0.05) is 11.7 Å². The molecule has 3 heteroatoms. The summed E-state index contributed by atoms with van der Waals surface area (Å²) in [4.78, 5) is 4.46. The number of aryl methyl sites for hydroxylation is 1. The Labute approximate surface area is 109 Å². The van der Waals surface area contributed by atoms with Crippen LogP contribution in [0.1, 0.15) is 56.2 Å². The molecule has 1 aliphatic rings. The minimum atomic E-state index is 0.478. The molecule has 0 saturated heterocycles. The Morgan fingerprint density at radius 2 is 1.83 bits per heavy atom. The number of hydrogen-bond acceptors (Lipinski definition) is 3. The molecule has 0 spiro atoms. The monoisotopic (exact) mass is 243 g/mol. The van der Waals surface area contributed by atoms with Crippen LogP contribution in [-0.2, 0) is 0 Å². The molecule has 0 unspecified atom stereocenters. The second-order valence-corrected chi connectivity index (χ2v) is 5.15. The van der Waals surface area contributed by atoms with Crippen molar-refractivity contribution in [2.24, 2.45) is 0 Å². The van der Waals surface area contributed by atoms with Crippen LogP contribution in [0.25, 0.3) is 0 Å². The normalized spacial score (nSPS) is 17.6. The Bertz CT molecular complexity index is 426. The number of anilines is 1. The van der Waals surface area contributed by atoms with Gasteiger partial charge in [-0.2, -0.15) is 5.26 Å². The van der Waals surface area contributed by atoms with E-state index in [0.717, 1.165) is 11.5 Å². The summed E-state index contributed by atoms with van der Waals surface area (Å²) in [5, 5.41) is 12.6. The van der Waals surface area contributed by atoms with E-state index in [1.807, 2.05) is 19.1 Å². The molecule has 1 heterocycles. The maximum atomic E-state index is 9.11. The van der Waals surface area contributed by atoms with Crippen LogP contribution in [0.3, 0.4) is 0 Å². The molecule has 1 N–H and O–H groups in total. The first kappa shape index (κ1) is 12.9. The molecule has 1 saturated carbocycles. The van der Waals surface area contributed by atoms with Gasteiger partial charge in [0.05, 0.1) is 5.56 Å². The van der Waals surface area contributed by atoms with E-state index in [9.17, 15) is 0 Å². The van der Waals surface area contributed by atoms with E-state index in [1.54, 1.807) is 0 Å². The average molecular weight is 243 g/mol. The van der Waals surface area contributed by atoms with Crippen molar-refractivity contribution in [3.8, 4) is 6.07 Å². The summed E-state index contributed by atoms with van der Waals surface area (Å²) in [7, 11) is 0. The van der Waals surface area contributed by atoms with Crippen molar-refractivity contribution in [1.82, 2.24) is 4.98 Å². The Balaban J connectivity index is 2.07. The second-order valence-electron chi connectivity index (χ2n) is 5.15. The Morgan fingerprint density at radius 3 is 2.50 bits per heavy atom. The molecule has 1 aliphatic carbocycles. The zero-order valence-electron chi connectivity index (χ0n) is 11.1. The topological polar surface area (TPSA) is 48.7 Å². The quantitative estimate of drug-likeness (QED) is 0.859. The van der Waals surface area contributed by atoms with Gasteiger partial charge in [-0.25, -0.2) is 4.98 Å². The van der Waals surface area contributed by atoms with Gasteiger partial charge in [-0.15, -0.1) is 0 Å². The average Bonchev–Trinajstić information content (AvgIpc) is 2.33. The fraction of sp³-hybridized carbons (Fsp3) is 0.600. The molecule has 96 valence electrons. The number of aromatic nitrogens is 1. The van der Waals surface area contributed by atoms with Gasteiger partial charge in [0.15, 0.2) is 0 Å². The van der Waals surface area contributed by atoms with Gasteiger partial charge in [-0.05, 0) is 31.9 Å². The fourth-order valence-electron chi connectivity index (χ4n) is 2.55. The third-order valence-corrected chi connectivity index (χ3v) is 3.60. The summed E-state index contributed by atoms with van der Waals surface area (Å²) >= 11 is 0. The standard InChI is InChI=1S/C15H21N3/c1-12-9-10-13(11-16)15(17-12)18-14-7-5-3-2-4-6-8-14/h9-10,14H,2-8H2,1H3,(H,17,18). The van der Waals surface area contributed by atoms with Crippen molar-refractivity contribution in [2.75, 3.05) is 5.32 Å². The van der Waals surface area contributed by atoms with Crippen molar-refractivity contribution in [3.05, 3.63) is 23.4 Å². The first-order valence-corrected chi connectivity index (χ1v) is 6.94. The van der Waals surface area contributed by atoms with Crippen LogP contribution in [0.2, 0.25) is 0 Å². The van der Waals surface area contributed by atoms with Gasteiger partial charge in [-0.3, -0.25) is 0 Å². The Hall–Kier alpha value is -1.56. The van der Waals surface area contributed by atoms with Crippen LogP contribution in [0, 0.1) is 18.3 Å². The Morgan fingerprint density at radius 1 is 1.17 bits per heavy atom. The highest BCUT2D eigenvalue weighted by molar-refractivity contribution is 5.52. The Kier molecular flexibility index (Phi) is 4.58. The van der Waals surface area contributed by atoms with E-state index in [-0.39, 0.29) is 0 Å². The molecular formula is C15H21N3. The number of hydrogen-bond donors (Lipinski definition) is 1. The number of nitriles is 1. The lowest BCUT2D eigenvalue weighted by atomic mass is 9.96. The van der Waals surface area contributed by atoms with Crippen LogP contribution in [-0.4, -0.2) is 11.0 Å². The maximum absolute atomic E-state index is 9.11. The maximum Gasteiger partial charge on any atom is 0.144 e. The van der Waals surface area contributed by atoms with E-state index in [2.05, 4.69) is 16.4 Å². The smallest absolute Gasteiger partial charge is 0.144 e. The molecule has 0 atom stereocenters. The van der Waals surface area contributed by atoms with E-state index in [1.165, 1.54) is 44.9 Å². The summed E-state index contributed by atoms with van der Waals surface area (Å²) < 4.78 is 0. The molecule has 1 aromatic heterocycles. The van der Waals surface area contributed by atoms with Gasteiger partial charge < -0.3 is 5.32 Å². The van der Waals surface area contributed by atoms with Crippen LogP contribution in [0.15, 0.2) is 12.1 Å². The lowest BCUT2D eigenvalue weighted by molar-refractivity contribution is 0.470. The minimum absolute atomic E-state index is 0.478. The lowest BCUT2D eigenvalue weighted by Crippen LogP contribution is -2.22. The number of nitrogens with zero attached hydrogens (tertiary/aromatic N) is 2. The molecule has 3 nitrogen and oxygen atoms in total. The van der Waals surface area contributed by atoms with E-state index < -0.39 is 0 Å². The van der Waals surface area contributed by atoms with Gasteiger partial charge in [0.25, 0.3) is 0 Å². The van der Waals surface area contributed by atoms with E-state index in [0.29, 0.717) is 11.6 Å². The predicted molar refractivity (Wildman–Crippen MR) is 73.4 cm³/mol. The largest absolute Gasteiger partial charge is 0.366 e. The molecule has 18 heavy (non-hydrogen) atoms. The summed E-state index contributed by atoms with van der Waals surface area (Å²) in [5.41, 5.74) is 1.62. The van der Waals surface area contributed by atoms with Crippen LogP contribution in [0.4, 0.5) is 5.82 Å². The van der Waals surface area contributed by atoms with Gasteiger partial charge in [-0.1, -0.05) is 32.1 Å². The summed E-state index contributed by atoms with van der Waals surface area (Å²) in [5.74, 6) is 0.767. The van der Waals surface area contributed by atoms with Crippen molar-refractivity contribution in [2.45, 2.75) is 57.9 Å². The minimum Gasteiger partial charge on any atom is -0.366 e. The van der Waals surface area contributed by atoms with Crippen molar-refractivity contribution >= 4 is 5.82 Å². The van der Waals surface area contributed by atoms with Gasteiger partial charge in [0.1, 0.15) is 11.9 Å². The molecule has 0 aromatic carbocycles. The summed E-state index contributed by atoms with van der Waals surface area (Å²) in [6, 6.07) is 6.44. The molecule has 1 aromatic rings. The van der Waals surface area contributed by atoms with Crippen molar-refractivity contribution in [1.29, 1.82) is 5.26 Å². The zero-order valence-corrected chi connectivity index (χ0v) is 11.1. The SMILES string of the molecule is Cc1ccc(C#N)c(NC2CCCCCCC2)n1. The van der Waals surface area contributed by atoms with Gasteiger partial charge >= 0.3 is 0 Å². The summed E-state index contributed by atoms with van der Waals surface area (Å²) in [6.07, 6.45) is 9.01. The molecular weight excluding hydrogens is 222 g/mol. The number of rotatable bonds is 2. The summed E-state index contributed by atoms with van der Waals surface area (Å²) in [6.45, 7) is 1.96. The molecule has 0 aliphatic heterocycles. The van der Waals surface area contributed by atoms with Crippen molar-refractivity contribution < 1.29 is 0 Å². The van der Waals surface area contributed by atoms with Gasteiger partial charge in [0.2, 0.25) is 0 Å². The second kappa shape index (κ2) is 6.39. The first-order valence-electron chi connectivity index (χ1n) is 6.94. The third kappa shape index (κ3) is 3.46. The molecule has 1 fully saturated rings.